The lowest BCUT2D eigenvalue weighted by Gasteiger charge is -2.30. The van der Waals surface area contributed by atoms with Gasteiger partial charge >= 0.3 is 0 Å². The molecule has 0 spiro atoms. The number of fused-ring (bicyclic) bond motifs is 3. The third-order valence-corrected chi connectivity index (χ3v) is 3.86. The van der Waals surface area contributed by atoms with Gasteiger partial charge in [0.15, 0.2) is 0 Å². The molecular weight excluding hydrogens is 150 g/mol. The molecule has 3 aliphatic heterocycles. The fourth-order valence-electron chi connectivity index (χ4n) is 3.34. The molecular formula is C10H17NO. The summed E-state index contributed by atoms with van der Waals surface area (Å²) in [6.07, 6.45) is 5.60. The lowest BCUT2D eigenvalue weighted by atomic mass is 9.94. The number of hydrogen-bond donors (Lipinski definition) is 0. The Balaban J connectivity index is 1.79. The molecule has 3 saturated heterocycles. The Morgan fingerprint density at radius 2 is 2.25 bits per heavy atom. The van der Waals surface area contributed by atoms with Crippen molar-refractivity contribution in [2.45, 2.75) is 37.8 Å². The van der Waals surface area contributed by atoms with Crippen molar-refractivity contribution >= 4 is 0 Å². The lowest BCUT2D eigenvalue weighted by molar-refractivity contribution is 0.0233. The molecule has 68 valence electrons. The Labute approximate surface area is 73.9 Å². The summed E-state index contributed by atoms with van der Waals surface area (Å²) in [4.78, 5) is 2.76. The van der Waals surface area contributed by atoms with Crippen molar-refractivity contribution in [3.63, 3.8) is 0 Å². The minimum absolute atomic E-state index is 0.879. The third kappa shape index (κ3) is 0.944. The van der Waals surface area contributed by atoms with Crippen LogP contribution in [0.1, 0.15) is 25.7 Å². The van der Waals surface area contributed by atoms with E-state index in [1.807, 2.05) is 0 Å². The van der Waals surface area contributed by atoms with Crippen molar-refractivity contribution in [2.75, 3.05) is 19.8 Å². The van der Waals surface area contributed by atoms with Crippen molar-refractivity contribution in [1.29, 1.82) is 0 Å². The Morgan fingerprint density at radius 3 is 3.25 bits per heavy atom. The molecule has 0 saturated carbocycles. The van der Waals surface area contributed by atoms with E-state index in [0.717, 1.165) is 31.2 Å². The highest BCUT2D eigenvalue weighted by Crippen LogP contribution is 2.39. The van der Waals surface area contributed by atoms with Crippen LogP contribution in [0.5, 0.6) is 0 Å². The molecule has 3 aliphatic rings. The van der Waals surface area contributed by atoms with Gasteiger partial charge in [-0.25, -0.2) is 0 Å². The third-order valence-electron chi connectivity index (χ3n) is 3.86. The molecule has 2 nitrogen and oxygen atoms in total. The second kappa shape index (κ2) is 2.71. The highest BCUT2D eigenvalue weighted by molar-refractivity contribution is 4.97. The molecule has 12 heavy (non-hydrogen) atoms. The van der Waals surface area contributed by atoms with Gasteiger partial charge in [-0.2, -0.15) is 0 Å². The van der Waals surface area contributed by atoms with Crippen LogP contribution in [0, 0.1) is 5.92 Å². The molecule has 0 aromatic rings. The first-order valence-electron chi connectivity index (χ1n) is 5.28. The Kier molecular flexibility index (Phi) is 1.66. The quantitative estimate of drug-likeness (QED) is 0.538. The van der Waals surface area contributed by atoms with Gasteiger partial charge in [-0.1, -0.05) is 0 Å². The SMILES string of the molecule is C1CC2CC3COCCC3N2C1. The Bertz CT molecular complexity index is 183. The van der Waals surface area contributed by atoms with Crippen LogP contribution in [-0.4, -0.2) is 36.7 Å². The van der Waals surface area contributed by atoms with Crippen molar-refractivity contribution in [3.05, 3.63) is 0 Å². The van der Waals surface area contributed by atoms with Crippen LogP contribution in [0.3, 0.4) is 0 Å². The molecule has 3 heterocycles. The van der Waals surface area contributed by atoms with E-state index in [4.69, 9.17) is 4.74 Å². The second-order valence-corrected chi connectivity index (χ2v) is 4.46. The molecule has 0 N–H and O–H groups in total. The molecule has 3 rings (SSSR count). The van der Waals surface area contributed by atoms with Crippen LogP contribution in [0.2, 0.25) is 0 Å². The van der Waals surface area contributed by atoms with Crippen molar-refractivity contribution < 1.29 is 4.74 Å². The van der Waals surface area contributed by atoms with Gasteiger partial charge in [-0.3, -0.25) is 4.90 Å². The summed E-state index contributed by atoms with van der Waals surface area (Å²) in [5.74, 6) is 0.879. The van der Waals surface area contributed by atoms with Crippen molar-refractivity contribution in [1.82, 2.24) is 4.90 Å². The summed E-state index contributed by atoms with van der Waals surface area (Å²) >= 11 is 0. The van der Waals surface area contributed by atoms with E-state index in [9.17, 15) is 0 Å². The average Bonchev–Trinajstić information content (AvgIpc) is 2.62. The Hall–Kier alpha value is -0.0800. The summed E-state index contributed by atoms with van der Waals surface area (Å²) in [7, 11) is 0. The number of nitrogens with zero attached hydrogens (tertiary/aromatic N) is 1. The summed E-state index contributed by atoms with van der Waals surface area (Å²) in [5.41, 5.74) is 0. The predicted molar refractivity (Wildman–Crippen MR) is 47.1 cm³/mol. The molecule has 2 heteroatoms. The zero-order chi connectivity index (χ0) is 7.97. The highest BCUT2D eigenvalue weighted by Gasteiger charge is 2.44. The van der Waals surface area contributed by atoms with Gasteiger partial charge in [-0.15, -0.1) is 0 Å². The summed E-state index contributed by atoms with van der Waals surface area (Å²) in [6, 6.07) is 1.83. The van der Waals surface area contributed by atoms with Crippen LogP contribution in [0.25, 0.3) is 0 Å². The fraction of sp³-hybridized carbons (Fsp3) is 1.00. The smallest absolute Gasteiger partial charge is 0.0509 e. The van der Waals surface area contributed by atoms with Crippen LogP contribution in [0.4, 0.5) is 0 Å². The predicted octanol–water partition coefficient (Wildman–Crippen LogP) is 1.26. The number of rotatable bonds is 0. The van der Waals surface area contributed by atoms with Crippen LogP contribution in [-0.2, 0) is 4.74 Å². The van der Waals surface area contributed by atoms with Crippen LogP contribution >= 0.6 is 0 Å². The zero-order valence-electron chi connectivity index (χ0n) is 7.54. The fourth-order valence-corrected chi connectivity index (χ4v) is 3.34. The molecule has 0 aromatic heterocycles. The normalized spacial score (nSPS) is 47.5. The first-order chi connectivity index (χ1) is 5.95. The number of ether oxygens (including phenoxy) is 1. The van der Waals surface area contributed by atoms with E-state index in [1.54, 1.807) is 0 Å². The van der Waals surface area contributed by atoms with Crippen LogP contribution in [0.15, 0.2) is 0 Å². The first-order valence-corrected chi connectivity index (χ1v) is 5.28. The van der Waals surface area contributed by atoms with Gasteiger partial charge in [0.1, 0.15) is 0 Å². The van der Waals surface area contributed by atoms with E-state index in [-0.39, 0.29) is 0 Å². The maximum absolute atomic E-state index is 5.52. The van der Waals surface area contributed by atoms with E-state index >= 15 is 0 Å². The molecule has 0 aromatic carbocycles. The molecule has 0 radical (unpaired) electrons. The van der Waals surface area contributed by atoms with Gasteiger partial charge < -0.3 is 4.74 Å². The lowest BCUT2D eigenvalue weighted by Crippen LogP contribution is -2.38. The monoisotopic (exact) mass is 167 g/mol. The van der Waals surface area contributed by atoms with E-state index < -0.39 is 0 Å². The van der Waals surface area contributed by atoms with Gasteiger partial charge in [0.2, 0.25) is 0 Å². The molecule has 3 atom stereocenters. The van der Waals surface area contributed by atoms with Gasteiger partial charge in [0, 0.05) is 18.7 Å². The highest BCUT2D eigenvalue weighted by atomic mass is 16.5. The molecule has 0 bridgehead atoms. The molecule has 3 fully saturated rings. The van der Waals surface area contributed by atoms with Crippen molar-refractivity contribution in [3.8, 4) is 0 Å². The molecule has 0 amide bonds. The zero-order valence-corrected chi connectivity index (χ0v) is 7.54. The average molecular weight is 167 g/mol. The summed E-state index contributed by atoms with van der Waals surface area (Å²) in [5, 5.41) is 0. The summed E-state index contributed by atoms with van der Waals surface area (Å²) in [6.45, 7) is 3.41. The maximum Gasteiger partial charge on any atom is 0.0509 e. The van der Waals surface area contributed by atoms with Crippen LogP contribution < -0.4 is 0 Å². The second-order valence-electron chi connectivity index (χ2n) is 4.46. The Morgan fingerprint density at radius 1 is 1.25 bits per heavy atom. The topological polar surface area (TPSA) is 12.5 Å². The minimum Gasteiger partial charge on any atom is -0.381 e. The van der Waals surface area contributed by atoms with E-state index in [1.165, 1.54) is 32.2 Å². The van der Waals surface area contributed by atoms with E-state index in [2.05, 4.69) is 4.90 Å². The van der Waals surface area contributed by atoms with E-state index in [0.29, 0.717) is 0 Å². The van der Waals surface area contributed by atoms with Gasteiger partial charge in [0.25, 0.3) is 0 Å². The van der Waals surface area contributed by atoms with Crippen molar-refractivity contribution in [2.24, 2.45) is 5.92 Å². The standard InChI is InChI=1S/C10H17NO/c1-2-9-6-8-7-12-5-3-10(8)11(9)4-1/h8-10H,1-7H2. The largest absolute Gasteiger partial charge is 0.381 e. The maximum atomic E-state index is 5.52. The molecule has 3 unspecified atom stereocenters. The minimum atomic E-state index is 0.879. The van der Waals surface area contributed by atoms with Gasteiger partial charge in [-0.05, 0) is 38.1 Å². The first kappa shape index (κ1) is 7.34. The molecule has 0 aliphatic carbocycles. The number of hydrogen-bond acceptors (Lipinski definition) is 2. The van der Waals surface area contributed by atoms with Gasteiger partial charge in [0.05, 0.1) is 6.61 Å². The summed E-state index contributed by atoms with van der Waals surface area (Å²) < 4.78 is 5.52.